The lowest BCUT2D eigenvalue weighted by molar-refractivity contribution is 0.281. The van der Waals surface area contributed by atoms with Crippen LogP contribution in [0.4, 0.5) is 0 Å². The molecule has 0 saturated heterocycles. The van der Waals surface area contributed by atoms with Gasteiger partial charge in [0, 0.05) is 31.6 Å². The molecule has 27 heavy (non-hydrogen) atoms. The summed E-state index contributed by atoms with van der Waals surface area (Å²) in [4.78, 5) is 6.72. The summed E-state index contributed by atoms with van der Waals surface area (Å²) < 4.78 is 7.78. The Kier molecular flexibility index (Phi) is 8.64. The van der Waals surface area contributed by atoms with Crippen LogP contribution >= 0.6 is 11.6 Å². The fourth-order valence-corrected chi connectivity index (χ4v) is 2.54. The second kappa shape index (κ2) is 11.2. The van der Waals surface area contributed by atoms with Gasteiger partial charge in [-0.25, -0.2) is 0 Å². The van der Waals surface area contributed by atoms with Crippen molar-refractivity contribution in [1.82, 2.24) is 25.0 Å². The van der Waals surface area contributed by atoms with Crippen molar-refractivity contribution in [2.24, 2.45) is 4.99 Å². The second-order valence-electron chi connectivity index (χ2n) is 5.89. The lowest BCUT2D eigenvalue weighted by Crippen LogP contribution is -2.41. The first-order valence-electron chi connectivity index (χ1n) is 8.99. The maximum absolute atomic E-state index is 5.89. The first kappa shape index (κ1) is 20.8. The Hall–Kier alpha value is -2.54. The molecule has 0 aliphatic rings. The molecule has 1 N–H and O–H groups in total. The normalized spacial score (nSPS) is 11.3. The van der Waals surface area contributed by atoms with Gasteiger partial charge in [-0.3, -0.25) is 4.99 Å². The van der Waals surface area contributed by atoms with Gasteiger partial charge in [0.15, 0.2) is 5.96 Å². The molecule has 0 aliphatic heterocycles. The summed E-state index contributed by atoms with van der Waals surface area (Å²) in [6.45, 7) is 9.07. The van der Waals surface area contributed by atoms with Gasteiger partial charge in [0.2, 0.25) is 0 Å². The molecule has 0 radical (unpaired) electrons. The minimum absolute atomic E-state index is 0.540. The molecular formula is C19H27ClN6O. The van der Waals surface area contributed by atoms with Crippen molar-refractivity contribution < 1.29 is 4.74 Å². The molecule has 1 aromatic heterocycles. The van der Waals surface area contributed by atoms with Crippen molar-refractivity contribution in [2.75, 3.05) is 33.3 Å². The molecule has 2 rings (SSSR count). The highest BCUT2D eigenvalue weighted by molar-refractivity contribution is 6.30. The number of likely N-dealkylation sites (N-methyl/N-ethyl adjacent to an activating group) is 1. The summed E-state index contributed by atoms with van der Waals surface area (Å²) in [7, 11) is 1.98. The summed E-state index contributed by atoms with van der Waals surface area (Å²) in [5.41, 5.74) is 0. The van der Waals surface area contributed by atoms with Crippen LogP contribution in [0.3, 0.4) is 0 Å². The number of ether oxygens (including phenoxy) is 1. The fraction of sp³-hybridized carbons (Fsp3) is 0.421. The van der Waals surface area contributed by atoms with Crippen LogP contribution in [0.25, 0.3) is 0 Å². The SMILES string of the molecule is C=CCNC(=NCCn1cnnc1CC)N(C)CCOc1ccc(Cl)cc1. The topological polar surface area (TPSA) is 67.6 Å². The zero-order chi connectivity index (χ0) is 19.5. The van der Waals surface area contributed by atoms with E-state index in [1.807, 2.05) is 46.9 Å². The van der Waals surface area contributed by atoms with E-state index in [-0.39, 0.29) is 0 Å². The monoisotopic (exact) mass is 390 g/mol. The lowest BCUT2D eigenvalue weighted by atomic mass is 10.3. The van der Waals surface area contributed by atoms with Crippen molar-refractivity contribution >= 4 is 17.6 Å². The predicted molar refractivity (Wildman–Crippen MR) is 109 cm³/mol. The number of guanidine groups is 1. The van der Waals surface area contributed by atoms with Gasteiger partial charge < -0.3 is 19.5 Å². The number of aliphatic imine (C=N–C) groups is 1. The van der Waals surface area contributed by atoms with Crippen molar-refractivity contribution in [3.05, 3.63) is 54.1 Å². The van der Waals surface area contributed by atoms with Crippen LogP contribution in [-0.4, -0.2) is 58.9 Å². The Morgan fingerprint density at radius 2 is 2.19 bits per heavy atom. The van der Waals surface area contributed by atoms with E-state index in [0.717, 1.165) is 30.5 Å². The Labute approximate surface area is 165 Å². The number of nitrogens with zero attached hydrogens (tertiary/aromatic N) is 5. The van der Waals surface area contributed by atoms with Crippen molar-refractivity contribution in [3.8, 4) is 5.75 Å². The molecule has 7 nitrogen and oxygen atoms in total. The third-order valence-electron chi connectivity index (χ3n) is 3.89. The maximum atomic E-state index is 5.89. The van der Waals surface area contributed by atoms with E-state index in [4.69, 9.17) is 16.3 Å². The molecule has 0 aliphatic carbocycles. The number of rotatable bonds is 10. The minimum atomic E-state index is 0.540. The third-order valence-corrected chi connectivity index (χ3v) is 4.14. The van der Waals surface area contributed by atoms with Crippen LogP contribution in [0, 0.1) is 0 Å². The molecule has 0 bridgehead atoms. The first-order valence-corrected chi connectivity index (χ1v) is 9.37. The van der Waals surface area contributed by atoms with Gasteiger partial charge in [-0.15, -0.1) is 16.8 Å². The Morgan fingerprint density at radius 1 is 1.41 bits per heavy atom. The highest BCUT2D eigenvalue weighted by Crippen LogP contribution is 2.15. The zero-order valence-corrected chi connectivity index (χ0v) is 16.7. The number of hydrogen-bond acceptors (Lipinski definition) is 4. The smallest absolute Gasteiger partial charge is 0.194 e. The number of aryl methyl sites for hydroxylation is 1. The van der Waals surface area contributed by atoms with E-state index in [2.05, 4.69) is 34.0 Å². The van der Waals surface area contributed by atoms with Gasteiger partial charge in [-0.2, -0.15) is 0 Å². The fourth-order valence-electron chi connectivity index (χ4n) is 2.42. The second-order valence-corrected chi connectivity index (χ2v) is 6.33. The number of nitrogens with one attached hydrogen (secondary N) is 1. The van der Waals surface area contributed by atoms with Gasteiger partial charge >= 0.3 is 0 Å². The van der Waals surface area contributed by atoms with Gasteiger partial charge in [0.05, 0.1) is 13.1 Å². The number of hydrogen-bond donors (Lipinski definition) is 1. The molecule has 0 unspecified atom stereocenters. The highest BCUT2D eigenvalue weighted by atomic mass is 35.5. The van der Waals surface area contributed by atoms with Gasteiger partial charge in [-0.05, 0) is 24.3 Å². The highest BCUT2D eigenvalue weighted by Gasteiger charge is 2.07. The van der Waals surface area contributed by atoms with E-state index in [9.17, 15) is 0 Å². The molecule has 146 valence electrons. The Bertz CT molecular complexity index is 728. The molecular weight excluding hydrogens is 364 g/mol. The molecule has 8 heteroatoms. The van der Waals surface area contributed by atoms with Crippen LogP contribution < -0.4 is 10.1 Å². The number of benzene rings is 1. The average Bonchev–Trinajstić information content (AvgIpc) is 3.13. The van der Waals surface area contributed by atoms with Crippen LogP contribution in [0.5, 0.6) is 5.75 Å². The summed E-state index contributed by atoms with van der Waals surface area (Å²) in [6, 6.07) is 7.35. The molecule has 1 aromatic carbocycles. The van der Waals surface area contributed by atoms with Crippen molar-refractivity contribution in [2.45, 2.75) is 19.9 Å². The van der Waals surface area contributed by atoms with Crippen molar-refractivity contribution in [1.29, 1.82) is 0 Å². The Morgan fingerprint density at radius 3 is 2.89 bits per heavy atom. The summed E-state index contributed by atoms with van der Waals surface area (Å²) in [6.07, 6.45) is 4.41. The summed E-state index contributed by atoms with van der Waals surface area (Å²) >= 11 is 5.89. The average molecular weight is 391 g/mol. The van der Waals surface area contributed by atoms with Gasteiger partial charge in [0.1, 0.15) is 24.5 Å². The predicted octanol–water partition coefficient (Wildman–Crippen LogP) is 2.64. The Balaban J connectivity index is 1.86. The summed E-state index contributed by atoms with van der Waals surface area (Å²) in [5.74, 6) is 2.57. The van der Waals surface area contributed by atoms with E-state index in [0.29, 0.717) is 31.3 Å². The van der Waals surface area contributed by atoms with E-state index < -0.39 is 0 Å². The maximum Gasteiger partial charge on any atom is 0.194 e. The first-order chi connectivity index (χ1) is 13.1. The molecule has 0 saturated carbocycles. The van der Waals surface area contributed by atoms with Crippen LogP contribution in [0.15, 0.2) is 48.2 Å². The zero-order valence-electron chi connectivity index (χ0n) is 15.9. The molecule has 0 fully saturated rings. The largest absolute Gasteiger partial charge is 0.492 e. The minimum Gasteiger partial charge on any atom is -0.492 e. The molecule has 0 spiro atoms. The molecule has 2 aromatic rings. The standard InChI is InChI=1S/C19H27ClN6O/c1-4-10-21-19(22-11-12-26-15-23-24-18(26)5-2)25(3)13-14-27-17-8-6-16(20)7-9-17/h4,6-9,15H,1,5,10-14H2,2-3H3,(H,21,22). The quantitative estimate of drug-likeness (QED) is 0.383. The molecule has 0 atom stereocenters. The number of halogens is 1. The summed E-state index contributed by atoms with van der Waals surface area (Å²) in [5, 5.41) is 12.0. The van der Waals surface area contributed by atoms with Crippen LogP contribution in [0.1, 0.15) is 12.7 Å². The number of aromatic nitrogens is 3. The van der Waals surface area contributed by atoms with E-state index in [1.54, 1.807) is 6.33 Å². The molecule has 1 heterocycles. The third kappa shape index (κ3) is 6.94. The van der Waals surface area contributed by atoms with Crippen LogP contribution in [-0.2, 0) is 13.0 Å². The van der Waals surface area contributed by atoms with Gasteiger partial charge in [0.25, 0.3) is 0 Å². The lowest BCUT2D eigenvalue weighted by Gasteiger charge is -2.22. The van der Waals surface area contributed by atoms with Crippen LogP contribution in [0.2, 0.25) is 5.02 Å². The van der Waals surface area contributed by atoms with E-state index in [1.165, 1.54) is 0 Å². The van der Waals surface area contributed by atoms with Crippen molar-refractivity contribution in [3.63, 3.8) is 0 Å². The van der Waals surface area contributed by atoms with Gasteiger partial charge in [-0.1, -0.05) is 24.6 Å². The van der Waals surface area contributed by atoms with E-state index >= 15 is 0 Å². The molecule has 0 amide bonds.